The summed E-state index contributed by atoms with van der Waals surface area (Å²) in [5.41, 5.74) is 2.51. The van der Waals surface area contributed by atoms with E-state index >= 15 is 0 Å². The van der Waals surface area contributed by atoms with Gasteiger partial charge in [0.15, 0.2) is 5.13 Å². The molecule has 182 valence electrons. The van der Waals surface area contributed by atoms with E-state index in [0.29, 0.717) is 30.1 Å². The van der Waals surface area contributed by atoms with Crippen LogP contribution in [-0.2, 0) is 28.9 Å². The molecule has 3 aromatic heterocycles. The van der Waals surface area contributed by atoms with Gasteiger partial charge in [-0.1, -0.05) is 0 Å². The molecule has 3 heterocycles. The van der Waals surface area contributed by atoms with Gasteiger partial charge in [-0.25, -0.2) is 9.78 Å². The summed E-state index contributed by atoms with van der Waals surface area (Å²) in [6.07, 6.45) is 6.77. The lowest BCUT2D eigenvalue weighted by molar-refractivity contribution is -0.111. The van der Waals surface area contributed by atoms with E-state index in [1.807, 2.05) is 35.8 Å². The quantitative estimate of drug-likeness (QED) is 0.404. The number of ether oxygens (including phenoxy) is 1. The number of anilines is 2. The van der Waals surface area contributed by atoms with Crippen LogP contribution in [0.25, 0.3) is 6.08 Å². The van der Waals surface area contributed by atoms with Gasteiger partial charge >= 0.3 is 6.09 Å². The van der Waals surface area contributed by atoms with Crippen molar-refractivity contribution in [3.05, 3.63) is 55.5 Å². The molecule has 0 saturated carbocycles. The Labute approximate surface area is 215 Å². The highest BCUT2D eigenvalue weighted by Gasteiger charge is 2.27. The Bertz CT molecular complexity index is 1250. The molecule has 2 N–H and O–H groups in total. The largest absolute Gasteiger partial charge is 0.449 e. The fraction of sp³-hybridized carbons (Fsp3) is 0.333. The summed E-state index contributed by atoms with van der Waals surface area (Å²) in [5.74, 6) is -0.0919. The van der Waals surface area contributed by atoms with Crippen LogP contribution in [0, 0.1) is 17.2 Å². The fourth-order valence-electron chi connectivity index (χ4n) is 3.69. The number of thiophene rings is 2. The highest BCUT2D eigenvalue weighted by Crippen LogP contribution is 2.39. The second kappa shape index (κ2) is 11.5. The van der Waals surface area contributed by atoms with Crippen LogP contribution in [-0.4, -0.2) is 37.7 Å². The van der Waals surface area contributed by atoms with Crippen molar-refractivity contribution in [1.29, 1.82) is 5.26 Å². The lowest BCUT2D eigenvalue weighted by atomic mass is 9.88. The highest BCUT2D eigenvalue weighted by atomic mass is 32.1. The highest BCUT2D eigenvalue weighted by molar-refractivity contribution is 7.16. The molecule has 35 heavy (non-hydrogen) atoms. The maximum atomic E-state index is 12.4. The summed E-state index contributed by atoms with van der Waals surface area (Å²) in [6.45, 7) is 0.682. The van der Waals surface area contributed by atoms with Gasteiger partial charge in [0.2, 0.25) is 5.91 Å². The molecule has 0 spiro atoms. The van der Waals surface area contributed by atoms with Crippen molar-refractivity contribution in [3.63, 3.8) is 0 Å². The van der Waals surface area contributed by atoms with Crippen molar-refractivity contribution in [1.82, 2.24) is 10.3 Å². The molecule has 8 nitrogen and oxygen atoms in total. The van der Waals surface area contributed by atoms with Crippen molar-refractivity contribution in [2.45, 2.75) is 25.8 Å². The molecule has 1 unspecified atom stereocenters. The maximum Gasteiger partial charge on any atom is 0.407 e. The van der Waals surface area contributed by atoms with E-state index in [1.54, 1.807) is 23.6 Å². The van der Waals surface area contributed by atoms with Crippen molar-refractivity contribution >= 4 is 62.2 Å². The van der Waals surface area contributed by atoms with E-state index in [1.165, 1.54) is 28.7 Å². The Kier molecular flexibility index (Phi) is 8.17. The summed E-state index contributed by atoms with van der Waals surface area (Å²) in [5, 5.41) is 20.7. The van der Waals surface area contributed by atoms with E-state index in [0.717, 1.165) is 38.9 Å². The first-order valence-corrected chi connectivity index (χ1v) is 13.6. The van der Waals surface area contributed by atoms with Gasteiger partial charge in [0.1, 0.15) is 11.1 Å². The normalized spacial score (nSPS) is 14.8. The van der Waals surface area contributed by atoms with E-state index in [9.17, 15) is 14.9 Å². The molecule has 1 aliphatic carbocycles. The molecule has 0 radical (unpaired) electrons. The molecule has 3 aromatic rings. The number of carbonyl (C=O) groups is 2. The van der Waals surface area contributed by atoms with Gasteiger partial charge in [-0.3, -0.25) is 4.79 Å². The van der Waals surface area contributed by atoms with Gasteiger partial charge in [-0.05, 0) is 59.2 Å². The number of hydrogen-bond donors (Lipinski definition) is 2. The molecule has 0 saturated heterocycles. The van der Waals surface area contributed by atoms with Crippen LogP contribution in [0.4, 0.5) is 14.9 Å². The number of nitriles is 1. The van der Waals surface area contributed by atoms with Gasteiger partial charge in [-0.15, -0.1) is 22.7 Å². The summed E-state index contributed by atoms with van der Waals surface area (Å²) in [6, 6.07) is 4.19. The van der Waals surface area contributed by atoms with E-state index in [4.69, 9.17) is 4.74 Å². The molecule has 1 atom stereocenters. The number of alkyl carbamates (subject to hydrolysis) is 1. The molecular formula is C24H25N5O3S3. The Morgan fingerprint density at radius 3 is 2.94 bits per heavy atom. The zero-order valence-electron chi connectivity index (χ0n) is 19.4. The minimum Gasteiger partial charge on any atom is -0.449 e. The van der Waals surface area contributed by atoms with Crippen LogP contribution in [0.15, 0.2) is 29.1 Å². The predicted molar refractivity (Wildman–Crippen MR) is 141 cm³/mol. The first kappa shape index (κ1) is 24.9. The topological polar surface area (TPSA) is 107 Å². The van der Waals surface area contributed by atoms with Crippen LogP contribution >= 0.6 is 34.0 Å². The number of nitrogens with zero attached hydrogens (tertiary/aromatic N) is 3. The zero-order chi connectivity index (χ0) is 24.8. The number of hydrogen-bond acceptors (Lipinski definition) is 9. The first-order valence-electron chi connectivity index (χ1n) is 11.0. The Morgan fingerprint density at radius 1 is 1.37 bits per heavy atom. The molecule has 0 fully saturated rings. The molecule has 0 bridgehead atoms. The molecule has 0 aromatic carbocycles. The molecule has 2 amide bonds. The zero-order valence-corrected chi connectivity index (χ0v) is 21.8. The van der Waals surface area contributed by atoms with Crippen LogP contribution in [0.5, 0.6) is 0 Å². The molecule has 11 heteroatoms. The lowest BCUT2D eigenvalue weighted by Crippen LogP contribution is -2.27. The Morgan fingerprint density at radius 2 is 2.23 bits per heavy atom. The Hall–Kier alpha value is -3.20. The number of nitrogens with one attached hydrogen (secondary N) is 2. The number of rotatable bonds is 8. The number of carbonyl (C=O) groups excluding carboxylic acids is 2. The third kappa shape index (κ3) is 6.48. The number of thiazole rings is 1. The van der Waals surface area contributed by atoms with Crippen molar-refractivity contribution in [2.75, 3.05) is 30.9 Å². The molecular weight excluding hydrogens is 502 g/mol. The smallest absolute Gasteiger partial charge is 0.407 e. The second-order valence-corrected chi connectivity index (χ2v) is 11.2. The van der Waals surface area contributed by atoms with Gasteiger partial charge in [0.25, 0.3) is 0 Å². The summed E-state index contributed by atoms with van der Waals surface area (Å²) in [7, 11) is 3.85. The summed E-state index contributed by atoms with van der Waals surface area (Å²) >= 11 is 4.52. The van der Waals surface area contributed by atoms with Crippen LogP contribution in [0.1, 0.15) is 32.9 Å². The SMILES string of the molecule is CN(C)c1ncc(CNC(=O)OCC2CCc3c(sc(NC(=O)/C=C/c4ccsc4)c3C#N)C2)s1. The van der Waals surface area contributed by atoms with Crippen molar-refractivity contribution < 1.29 is 14.3 Å². The lowest BCUT2D eigenvalue weighted by Gasteiger charge is -2.21. The third-order valence-electron chi connectivity index (χ3n) is 5.47. The Balaban J connectivity index is 1.28. The van der Waals surface area contributed by atoms with Gasteiger partial charge in [0, 0.05) is 36.1 Å². The van der Waals surface area contributed by atoms with E-state index in [-0.39, 0.29) is 11.8 Å². The standard InChI is InChI=1S/C24H25N5O3S3/c1-29(2)23-26-11-17(34-23)12-27-24(31)32-13-16-3-5-18-19(10-25)22(35-20(18)9-16)28-21(30)6-4-15-7-8-33-14-15/h4,6-8,11,14,16H,3,5,9,12-13H2,1-2H3,(H,27,31)(H,28,30)/b6-4+. The van der Waals surface area contributed by atoms with Gasteiger partial charge in [-0.2, -0.15) is 16.6 Å². The van der Waals surface area contributed by atoms with Crippen LogP contribution in [0.2, 0.25) is 0 Å². The third-order valence-corrected chi connectivity index (χ3v) is 8.50. The van der Waals surface area contributed by atoms with Gasteiger partial charge < -0.3 is 20.3 Å². The van der Waals surface area contributed by atoms with Crippen LogP contribution < -0.4 is 15.5 Å². The fourth-order valence-corrected chi connectivity index (χ4v) is 6.40. The van der Waals surface area contributed by atoms with Crippen molar-refractivity contribution in [2.24, 2.45) is 5.92 Å². The first-order chi connectivity index (χ1) is 16.9. The monoisotopic (exact) mass is 527 g/mol. The van der Waals surface area contributed by atoms with E-state index < -0.39 is 6.09 Å². The van der Waals surface area contributed by atoms with Crippen LogP contribution in [0.3, 0.4) is 0 Å². The van der Waals surface area contributed by atoms with Crippen molar-refractivity contribution in [3.8, 4) is 6.07 Å². The summed E-state index contributed by atoms with van der Waals surface area (Å²) < 4.78 is 5.45. The minimum absolute atomic E-state index is 0.171. The number of aromatic nitrogens is 1. The predicted octanol–water partition coefficient (Wildman–Crippen LogP) is 4.89. The van der Waals surface area contributed by atoms with Gasteiger partial charge in [0.05, 0.1) is 18.7 Å². The molecule has 1 aliphatic rings. The second-order valence-electron chi connectivity index (χ2n) is 8.26. The van der Waals surface area contributed by atoms with E-state index in [2.05, 4.69) is 21.7 Å². The minimum atomic E-state index is -0.454. The number of amides is 2. The molecule has 0 aliphatic heterocycles. The molecule has 4 rings (SSSR count). The maximum absolute atomic E-state index is 12.4. The summed E-state index contributed by atoms with van der Waals surface area (Å²) in [4.78, 5) is 32.8. The average Bonchev–Trinajstić information content (AvgIpc) is 3.59. The number of fused-ring (bicyclic) bond motifs is 1. The average molecular weight is 528 g/mol.